The molecule has 2 rings (SSSR count). The average Bonchev–Trinajstić information content (AvgIpc) is 3.13. The Balaban J connectivity index is 0.00000338. The molecule has 0 saturated heterocycles. The van der Waals surface area contributed by atoms with E-state index in [-0.39, 0.29) is 29.6 Å². The van der Waals surface area contributed by atoms with Crippen LogP contribution >= 0.6 is 24.0 Å². The molecule has 1 aromatic heterocycles. The zero-order chi connectivity index (χ0) is 18.0. The van der Waals surface area contributed by atoms with Crippen molar-refractivity contribution < 1.29 is 9.15 Å². The second kappa shape index (κ2) is 12.0. The smallest absolute Gasteiger partial charge is 0.191 e. The summed E-state index contributed by atoms with van der Waals surface area (Å²) in [5, 5.41) is 6.76. The molecule has 144 valence electrons. The molecule has 0 aliphatic heterocycles. The van der Waals surface area contributed by atoms with Gasteiger partial charge in [-0.15, -0.1) is 24.0 Å². The van der Waals surface area contributed by atoms with Crippen molar-refractivity contribution in [2.24, 2.45) is 4.99 Å². The van der Waals surface area contributed by atoms with Gasteiger partial charge in [0.15, 0.2) is 5.96 Å². The summed E-state index contributed by atoms with van der Waals surface area (Å²) in [4.78, 5) is 4.66. The van der Waals surface area contributed by atoms with E-state index in [2.05, 4.69) is 39.9 Å². The molecule has 1 aromatic carbocycles. The van der Waals surface area contributed by atoms with Crippen molar-refractivity contribution in [3.63, 3.8) is 0 Å². The van der Waals surface area contributed by atoms with E-state index < -0.39 is 0 Å². The number of methoxy groups -OCH3 is 1. The molecule has 0 atom stereocenters. The highest BCUT2D eigenvalue weighted by atomic mass is 127. The predicted molar refractivity (Wildman–Crippen MR) is 117 cm³/mol. The fourth-order valence-corrected chi connectivity index (χ4v) is 2.24. The molecule has 0 saturated carbocycles. The van der Waals surface area contributed by atoms with Crippen molar-refractivity contribution in [2.45, 2.75) is 32.3 Å². The number of nitrogens with one attached hydrogen (secondary N) is 2. The highest BCUT2D eigenvalue weighted by molar-refractivity contribution is 14.0. The lowest BCUT2D eigenvalue weighted by atomic mass is 10.1. The summed E-state index contributed by atoms with van der Waals surface area (Å²) >= 11 is 0. The second-order valence-electron chi connectivity index (χ2n) is 6.55. The molecular weight excluding hydrogens is 441 g/mol. The normalized spacial score (nSPS) is 11.7. The summed E-state index contributed by atoms with van der Waals surface area (Å²) in [6, 6.07) is 14.3. The van der Waals surface area contributed by atoms with Crippen LogP contribution in [0.2, 0.25) is 0 Å². The molecular formula is C20H30IN3O2. The van der Waals surface area contributed by atoms with Gasteiger partial charge in [0.2, 0.25) is 0 Å². The number of benzene rings is 1. The van der Waals surface area contributed by atoms with Gasteiger partial charge in [-0.3, -0.25) is 4.99 Å². The maximum absolute atomic E-state index is 5.45. The van der Waals surface area contributed by atoms with Gasteiger partial charge in [0.1, 0.15) is 5.76 Å². The molecule has 0 fully saturated rings. The second-order valence-corrected chi connectivity index (χ2v) is 6.55. The van der Waals surface area contributed by atoms with Crippen molar-refractivity contribution in [1.29, 1.82) is 0 Å². The number of halogens is 1. The first-order chi connectivity index (χ1) is 12.1. The lowest BCUT2D eigenvalue weighted by molar-refractivity contribution is 0.0310. The highest BCUT2D eigenvalue weighted by Crippen LogP contribution is 2.07. The van der Waals surface area contributed by atoms with E-state index in [1.165, 1.54) is 5.56 Å². The molecule has 0 radical (unpaired) electrons. The number of rotatable bonds is 9. The van der Waals surface area contributed by atoms with Gasteiger partial charge in [-0.05, 0) is 38.0 Å². The molecule has 0 spiro atoms. The SMILES string of the molecule is COC(C)(C)CN=C(NCCc1ccccc1)NCCc1ccco1.I. The number of nitrogens with zero attached hydrogens (tertiary/aromatic N) is 1. The van der Waals surface area contributed by atoms with E-state index in [0.29, 0.717) is 6.54 Å². The van der Waals surface area contributed by atoms with Crippen LogP contribution in [0.5, 0.6) is 0 Å². The van der Waals surface area contributed by atoms with Crippen LogP contribution in [0.3, 0.4) is 0 Å². The molecule has 0 aliphatic carbocycles. The van der Waals surface area contributed by atoms with E-state index in [1.807, 2.05) is 32.0 Å². The fourth-order valence-electron chi connectivity index (χ4n) is 2.24. The van der Waals surface area contributed by atoms with Gasteiger partial charge in [-0.1, -0.05) is 30.3 Å². The van der Waals surface area contributed by atoms with Gasteiger partial charge in [0.25, 0.3) is 0 Å². The third kappa shape index (κ3) is 8.71. The number of guanidine groups is 1. The first kappa shape index (κ1) is 22.5. The molecule has 2 aromatic rings. The molecule has 1 heterocycles. The maximum Gasteiger partial charge on any atom is 0.191 e. The van der Waals surface area contributed by atoms with Crippen molar-refractivity contribution in [2.75, 3.05) is 26.7 Å². The van der Waals surface area contributed by atoms with Crippen LogP contribution in [-0.2, 0) is 17.6 Å². The van der Waals surface area contributed by atoms with Crippen LogP contribution in [-0.4, -0.2) is 38.3 Å². The van der Waals surface area contributed by atoms with Crippen molar-refractivity contribution in [3.05, 3.63) is 60.1 Å². The van der Waals surface area contributed by atoms with Gasteiger partial charge in [0, 0.05) is 26.6 Å². The van der Waals surface area contributed by atoms with Gasteiger partial charge in [-0.25, -0.2) is 0 Å². The van der Waals surface area contributed by atoms with Crippen LogP contribution in [0.15, 0.2) is 58.1 Å². The summed E-state index contributed by atoms with van der Waals surface area (Å²) in [5.41, 5.74) is 1.02. The topological polar surface area (TPSA) is 58.8 Å². The Morgan fingerprint density at radius 2 is 1.73 bits per heavy atom. The van der Waals surface area contributed by atoms with Crippen molar-refractivity contribution in [1.82, 2.24) is 10.6 Å². The summed E-state index contributed by atoms with van der Waals surface area (Å²) in [6.45, 7) is 6.23. The van der Waals surface area contributed by atoms with Gasteiger partial charge >= 0.3 is 0 Å². The maximum atomic E-state index is 5.45. The third-order valence-corrected chi connectivity index (χ3v) is 3.96. The zero-order valence-electron chi connectivity index (χ0n) is 15.8. The first-order valence-corrected chi connectivity index (χ1v) is 8.73. The minimum atomic E-state index is -0.283. The van der Waals surface area contributed by atoms with Gasteiger partial charge in [0.05, 0.1) is 18.4 Å². The summed E-state index contributed by atoms with van der Waals surface area (Å²) in [7, 11) is 1.71. The molecule has 5 nitrogen and oxygen atoms in total. The van der Waals surface area contributed by atoms with E-state index in [0.717, 1.165) is 37.7 Å². The lowest BCUT2D eigenvalue weighted by Gasteiger charge is -2.21. The first-order valence-electron chi connectivity index (χ1n) is 8.73. The quantitative estimate of drug-likeness (QED) is 0.333. The van der Waals surface area contributed by atoms with E-state index in [4.69, 9.17) is 9.15 Å². The molecule has 0 bridgehead atoms. The third-order valence-electron chi connectivity index (χ3n) is 3.96. The summed E-state index contributed by atoms with van der Waals surface area (Å²) in [6.07, 6.45) is 3.47. The number of hydrogen-bond acceptors (Lipinski definition) is 3. The van der Waals surface area contributed by atoms with Crippen molar-refractivity contribution >= 4 is 29.9 Å². The highest BCUT2D eigenvalue weighted by Gasteiger charge is 2.15. The van der Waals surface area contributed by atoms with Gasteiger partial charge in [-0.2, -0.15) is 0 Å². The standard InChI is InChI=1S/C20H29N3O2.HI/c1-20(2,24-3)16-23-19(22-14-12-18-10-7-15-25-18)21-13-11-17-8-5-4-6-9-17;/h4-10,15H,11-14,16H2,1-3H3,(H2,21,22,23);1H. The Kier molecular flexibility index (Phi) is 10.3. The van der Waals surface area contributed by atoms with E-state index in [1.54, 1.807) is 13.4 Å². The average molecular weight is 471 g/mol. The Labute approximate surface area is 173 Å². The van der Waals surface area contributed by atoms with Gasteiger partial charge < -0.3 is 19.8 Å². The van der Waals surface area contributed by atoms with E-state index in [9.17, 15) is 0 Å². The minimum Gasteiger partial charge on any atom is -0.469 e. The summed E-state index contributed by atoms with van der Waals surface area (Å²) in [5.74, 6) is 1.76. The predicted octanol–water partition coefficient (Wildman–Crippen LogP) is 3.64. The molecule has 0 aliphatic rings. The van der Waals surface area contributed by atoms with Crippen LogP contribution in [0.25, 0.3) is 0 Å². The van der Waals surface area contributed by atoms with Crippen molar-refractivity contribution in [3.8, 4) is 0 Å². The summed E-state index contributed by atoms with van der Waals surface area (Å²) < 4.78 is 10.8. The van der Waals surface area contributed by atoms with Crippen LogP contribution < -0.4 is 10.6 Å². The van der Waals surface area contributed by atoms with Crippen LogP contribution in [0, 0.1) is 0 Å². The molecule has 2 N–H and O–H groups in total. The molecule has 0 unspecified atom stereocenters. The Morgan fingerprint density at radius 3 is 2.35 bits per heavy atom. The number of ether oxygens (including phenoxy) is 1. The fraction of sp³-hybridized carbons (Fsp3) is 0.450. The van der Waals surface area contributed by atoms with E-state index >= 15 is 0 Å². The minimum absolute atomic E-state index is 0. The van der Waals surface area contributed by atoms with Crippen LogP contribution in [0.4, 0.5) is 0 Å². The molecule has 26 heavy (non-hydrogen) atoms. The number of furan rings is 1. The zero-order valence-corrected chi connectivity index (χ0v) is 18.2. The van der Waals surface area contributed by atoms with Crippen LogP contribution in [0.1, 0.15) is 25.2 Å². The molecule has 0 amide bonds. The lowest BCUT2D eigenvalue weighted by Crippen LogP contribution is -2.41. The monoisotopic (exact) mass is 471 g/mol. The Hall–Kier alpha value is -1.54. The number of aliphatic imine (C=N–C) groups is 1. The Morgan fingerprint density at radius 1 is 1.04 bits per heavy atom. The number of hydrogen-bond donors (Lipinski definition) is 2. The molecule has 6 heteroatoms. The Bertz CT molecular complexity index is 628. The largest absolute Gasteiger partial charge is 0.469 e.